The number of aromatic amines is 1. The topological polar surface area (TPSA) is 58.9 Å². The average molecular weight is 237 g/mol. The zero-order valence-corrected chi connectivity index (χ0v) is 9.56. The maximum Gasteiger partial charge on any atom is 0.177 e. The van der Waals surface area contributed by atoms with Crippen molar-refractivity contribution in [1.82, 2.24) is 24.3 Å². The standard InChI is InChI=1S/C7H6N2.C6H5N3/c1-2-5-9-6-4-8-7(9)3-1;1-2-5-6(7-3-1)9-4-8-5/h1-6H;1-4H,(H,7,8,9). The molecule has 5 nitrogen and oxygen atoms in total. The molecule has 0 bridgehead atoms. The normalized spacial score (nSPS) is 10.2. The minimum absolute atomic E-state index is 0.775. The van der Waals surface area contributed by atoms with Crippen molar-refractivity contribution in [3.63, 3.8) is 0 Å². The minimum atomic E-state index is 0.775. The first-order chi connectivity index (χ1) is 8.93. The molecule has 0 fully saturated rings. The van der Waals surface area contributed by atoms with Gasteiger partial charge in [0.1, 0.15) is 5.65 Å². The number of fused-ring (bicyclic) bond motifs is 2. The summed E-state index contributed by atoms with van der Waals surface area (Å²) in [7, 11) is 0. The lowest BCUT2D eigenvalue weighted by atomic mass is 10.4. The molecule has 0 spiro atoms. The Labute approximate surface area is 103 Å². The molecular weight excluding hydrogens is 226 g/mol. The van der Waals surface area contributed by atoms with Gasteiger partial charge in [-0.15, -0.1) is 0 Å². The van der Waals surface area contributed by atoms with Gasteiger partial charge in [-0.1, -0.05) is 6.07 Å². The third kappa shape index (κ3) is 2.06. The fraction of sp³-hybridized carbons (Fsp3) is 0. The van der Waals surface area contributed by atoms with Gasteiger partial charge >= 0.3 is 0 Å². The number of aromatic nitrogens is 5. The summed E-state index contributed by atoms with van der Waals surface area (Å²) in [6, 6.07) is 9.74. The van der Waals surface area contributed by atoms with E-state index in [4.69, 9.17) is 0 Å². The quantitative estimate of drug-likeness (QED) is 0.510. The van der Waals surface area contributed by atoms with Gasteiger partial charge in [0.15, 0.2) is 5.65 Å². The van der Waals surface area contributed by atoms with Crippen LogP contribution in [0, 0.1) is 0 Å². The van der Waals surface area contributed by atoms with E-state index < -0.39 is 0 Å². The van der Waals surface area contributed by atoms with Gasteiger partial charge in [0.2, 0.25) is 0 Å². The van der Waals surface area contributed by atoms with Crippen LogP contribution in [0.5, 0.6) is 0 Å². The van der Waals surface area contributed by atoms with E-state index in [0.717, 1.165) is 16.8 Å². The van der Waals surface area contributed by atoms with Crippen LogP contribution in [0.2, 0.25) is 0 Å². The first kappa shape index (κ1) is 10.5. The molecule has 1 N–H and O–H groups in total. The monoisotopic (exact) mass is 237 g/mol. The molecule has 0 amide bonds. The third-order valence-corrected chi connectivity index (χ3v) is 2.50. The molecule has 0 saturated carbocycles. The van der Waals surface area contributed by atoms with Crippen LogP contribution in [0.3, 0.4) is 0 Å². The number of imidazole rings is 2. The van der Waals surface area contributed by atoms with Gasteiger partial charge in [0.05, 0.1) is 11.8 Å². The van der Waals surface area contributed by atoms with Crippen molar-refractivity contribution < 1.29 is 0 Å². The molecule has 0 radical (unpaired) electrons. The first-order valence-electron chi connectivity index (χ1n) is 5.55. The molecule has 5 heteroatoms. The van der Waals surface area contributed by atoms with Crippen molar-refractivity contribution in [1.29, 1.82) is 0 Å². The Bertz CT molecular complexity index is 629. The van der Waals surface area contributed by atoms with E-state index in [1.165, 1.54) is 0 Å². The summed E-state index contributed by atoms with van der Waals surface area (Å²) >= 11 is 0. The summed E-state index contributed by atoms with van der Waals surface area (Å²) in [5.74, 6) is 0. The predicted octanol–water partition coefficient (Wildman–Crippen LogP) is 2.29. The summed E-state index contributed by atoms with van der Waals surface area (Å²) in [5.41, 5.74) is 2.76. The van der Waals surface area contributed by atoms with Gasteiger partial charge < -0.3 is 9.38 Å². The molecule has 4 aromatic heterocycles. The highest BCUT2D eigenvalue weighted by Crippen LogP contribution is 2.01. The van der Waals surface area contributed by atoms with Crippen LogP contribution in [0.4, 0.5) is 0 Å². The zero-order chi connectivity index (χ0) is 12.2. The average Bonchev–Trinajstić information content (AvgIpc) is 3.08. The molecule has 88 valence electrons. The van der Waals surface area contributed by atoms with Crippen LogP contribution < -0.4 is 0 Å². The Morgan fingerprint density at radius 2 is 1.89 bits per heavy atom. The van der Waals surface area contributed by atoms with Crippen molar-refractivity contribution in [3.05, 3.63) is 61.4 Å². The van der Waals surface area contributed by atoms with Crippen molar-refractivity contribution in [2.75, 3.05) is 0 Å². The third-order valence-electron chi connectivity index (χ3n) is 2.50. The molecular formula is C13H11N5. The Kier molecular flexibility index (Phi) is 2.71. The Hall–Kier alpha value is -2.69. The Morgan fingerprint density at radius 1 is 0.889 bits per heavy atom. The number of nitrogens with zero attached hydrogens (tertiary/aromatic N) is 4. The van der Waals surface area contributed by atoms with E-state index in [0.29, 0.717) is 0 Å². The van der Waals surface area contributed by atoms with Gasteiger partial charge in [-0.2, -0.15) is 0 Å². The second-order valence-electron chi connectivity index (χ2n) is 3.67. The molecule has 0 unspecified atom stereocenters. The highest BCUT2D eigenvalue weighted by atomic mass is 15.0. The van der Waals surface area contributed by atoms with E-state index in [1.54, 1.807) is 18.7 Å². The summed E-state index contributed by atoms with van der Waals surface area (Å²) < 4.78 is 1.97. The van der Waals surface area contributed by atoms with Gasteiger partial charge in [-0.3, -0.25) is 0 Å². The van der Waals surface area contributed by atoms with E-state index in [1.807, 2.05) is 47.1 Å². The number of hydrogen-bond acceptors (Lipinski definition) is 3. The van der Waals surface area contributed by atoms with Crippen LogP contribution in [-0.2, 0) is 0 Å². The minimum Gasteiger partial charge on any atom is -0.343 e. The van der Waals surface area contributed by atoms with Crippen LogP contribution in [0.15, 0.2) is 61.4 Å². The second kappa shape index (κ2) is 4.67. The highest BCUT2D eigenvalue weighted by molar-refractivity contribution is 5.68. The number of H-pyrrole nitrogens is 1. The summed E-state index contributed by atoms with van der Waals surface area (Å²) in [4.78, 5) is 15.0. The molecule has 0 aliphatic heterocycles. The molecule has 0 saturated heterocycles. The maximum absolute atomic E-state index is 4.08. The van der Waals surface area contributed by atoms with Crippen LogP contribution >= 0.6 is 0 Å². The number of rotatable bonds is 0. The lowest BCUT2D eigenvalue weighted by Gasteiger charge is -1.86. The SMILES string of the molecule is c1ccn2ccnc2c1.c1cnc2nc[nH]c2c1. The first-order valence-corrected chi connectivity index (χ1v) is 5.55. The zero-order valence-electron chi connectivity index (χ0n) is 9.56. The van der Waals surface area contributed by atoms with E-state index in [9.17, 15) is 0 Å². The van der Waals surface area contributed by atoms with E-state index in [2.05, 4.69) is 19.9 Å². The van der Waals surface area contributed by atoms with Crippen molar-refractivity contribution in [3.8, 4) is 0 Å². The molecule has 0 aliphatic carbocycles. The smallest absolute Gasteiger partial charge is 0.177 e. The largest absolute Gasteiger partial charge is 0.343 e. The summed E-state index contributed by atoms with van der Waals surface area (Å²) in [5, 5.41) is 0. The highest BCUT2D eigenvalue weighted by Gasteiger charge is 1.90. The van der Waals surface area contributed by atoms with Crippen LogP contribution in [0.1, 0.15) is 0 Å². The van der Waals surface area contributed by atoms with Gasteiger partial charge in [-0.25, -0.2) is 15.0 Å². The van der Waals surface area contributed by atoms with Gasteiger partial charge in [-0.05, 0) is 24.3 Å². The Balaban J connectivity index is 0.000000111. The lowest BCUT2D eigenvalue weighted by molar-refractivity contribution is 1.19. The molecule has 4 rings (SSSR count). The maximum atomic E-state index is 4.08. The fourth-order valence-electron chi connectivity index (χ4n) is 1.64. The number of hydrogen-bond donors (Lipinski definition) is 1. The fourth-order valence-corrected chi connectivity index (χ4v) is 1.64. The number of nitrogens with one attached hydrogen (secondary N) is 1. The second-order valence-corrected chi connectivity index (χ2v) is 3.67. The molecule has 0 aliphatic rings. The van der Waals surface area contributed by atoms with Gasteiger partial charge in [0.25, 0.3) is 0 Å². The van der Waals surface area contributed by atoms with Crippen LogP contribution in [0.25, 0.3) is 16.8 Å². The van der Waals surface area contributed by atoms with Gasteiger partial charge in [0, 0.05) is 24.8 Å². The molecule has 0 aromatic carbocycles. The Morgan fingerprint density at radius 3 is 2.78 bits per heavy atom. The number of pyridine rings is 2. The lowest BCUT2D eigenvalue weighted by Crippen LogP contribution is -1.77. The summed E-state index contributed by atoms with van der Waals surface area (Å²) in [6.07, 6.45) is 9.05. The van der Waals surface area contributed by atoms with E-state index in [-0.39, 0.29) is 0 Å². The van der Waals surface area contributed by atoms with Crippen molar-refractivity contribution in [2.24, 2.45) is 0 Å². The summed E-state index contributed by atoms with van der Waals surface area (Å²) in [6.45, 7) is 0. The molecule has 0 atom stereocenters. The van der Waals surface area contributed by atoms with Crippen molar-refractivity contribution in [2.45, 2.75) is 0 Å². The molecule has 4 aromatic rings. The van der Waals surface area contributed by atoms with Crippen molar-refractivity contribution >= 4 is 16.8 Å². The predicted molar refractivity (Wildman–Crippen MR) is 69.1 cm³/mol. The van der Waals surface area contributed by atoms with Crippen LogP contribution in [-0.4, -0.2) is 24.3 Å². The molecule has 18 heavy (non-hydrogen) atoms. The molecule has 4 heterocycles. The van der Waals surface area contributed by atoms with E-state index >= 15 is 0 Å².